The van der Waals surface area contributed by atoms with Crippen LogP contribution in [0.2, 0.25) is 0 Å². The first-order valence-corrected chi connectivity index (χ1v) is 9.68. The number of methoxy groups -OCH3 is 1. The van der Waals surface area contributed by atoms with Crippen molar-refractivity contribution in [3.05, 3.63) is 64.9 Å². The fourth-order valence-corrected chi connectivity index (χ4v) is 3.80. The van der Waals surface area contributed by atoms with E-state index in [9.17, 15) is 9.59 Å². The van der Waals surface area contributed by atoms with Crippen molar-refractivity contribution in [1.82, 2.24) is 4.90 Å². The highest BCUT2D eigenvalue weighted by molar-refractivity contribution is 6.45. The molecule has 0 saturated carbocycles. The first kappa shape index (κ1) is 19.2. The molecule has 2 aliphatic rings. The van der Waals surface area contributed by atoms with Crippen LogP contribution in [0.4, 0.5) is 5.69 Å². The van der Waals surface area contributed by atoms with Gasteiger partial charge in [-0.1, -0.05) is 24.3 Å². The summed E-state index contributed by atoms with van der Waals surface area (Å²) < 4.78 is 10.7. The highest BCUT2D eigenvalue weighted by Crippen LogP contribution is 2.37. The molecule has 0 aromatic heterocycles. The van der Waals surface area contributed by atoms with E-state index in [-0.39, 0.29) is 11.8 Å². The molecular weight excluding hydrogens is 368 g/mol. The van der Waals surface area contributed by atoms with Crippen LogP contribution in [0.25, 0.3) is 5.57 Å². The maximum absolute atomic E-state index is 13.5. The van der Waals surface area contributed by atoms with Crippen LogP contribution in [0, 0.1) is 13.8 Å². The molecule has 29 heavy (non-hydrogen) atoms. The molecule has 0 bridgehead atoms. The second-order valence-corrected chi connectivity index (χ2v) is 7.29. The lowest BCUT2D eigenvalue weighted by molar-refractivity contribution is -0.121. The van der Waals surface area contributed by atoms with E-state index in [0.29, 0.717) is 54.6 Å². The number of benzene rings is 2. The van der Waals surface area contributed by atoms with Gasteiger partial charge in [0.05, 0.1) is 31.6 Å². The van der Waals surface area contributed by atoms with Crippen molar-refractivity contribution in [2.75, 3.05) is 38.3 Å². The molecule has 2 aromatic rings. The third kappa shape index (κ3) is 3.40. The third-order valence-corrected chi connectivity index (χ3v) is 5.37. The van der Waals surface area contributed by atoms with Crippen molar-refractivity contribution in [3.63, 3.8) is 0 Å². The van der Waals surface area contributed by atoms with Gasteiger partial charge in [0.15, 0.2) is 0 Å². The number of ether oxygens (including phenoxy) is 2. The zero-order valence-corrected chi connectivity index (χ0v) is 16.9. The summed E-state index contributed by atoms with van der Waals surface area (Å²) in [5, 5.41) is 0. The van der Waals surface area contributed by atoms with Gasteiger partial charge in [0.25, 0.3) is 11.8 Å². The summed E-state index contributed by atoms with van der Waals surface area (Å²) in [7, 11) is 1.60. The Balaban J connectivity index is 1.84. The fraction of sp³-hybridized carbons (Fsp3) is 0.304. The quantitative estimate of drug-likeness (QED) is 0.749. The van der Waals surface area contributed by atoms with E-state index >= 15 is 0 Å². The number of rotatable bonds is 4. The van der Waals surface area contributed by atoms with Crippen molar-refractivity contribution in [1.29, 1.82) is 0 Å². The number of carbonyl (C=O) groups is 2. The van der Waals surface area contributed by atoms with Gasteiger partial charge in [0, 0.05) is 13.1 Å². The van der Waals surface area contributed by atoms with Crippen LogP contribution < -0.4 is 9.64 Å². The maximum Gasteiger partial charge on any atom is 0.282 e. The average Bonchev–Trinajstić information content (AvgIpc) is 3.00. The standard InChI is InChI=1S/C23H24N2O4/c1-15-4-5-16(2)19(14-15)25-22(26)20(17-6-8-18(28-3)9-7-17)21(23(25)27)24-10-12-29-13-11-24/h4-9,14H,10-13H2,1-3H3. The molecule has 1 fully saturated rings. The van der Waals surface area contributed by atoms with E-state index < -0.39 is 0 Å². The minimum atomic E-state index is -0.296. The van der Waals surface area contributed by atoms with Gasteiger partial charge in [-0.25, -0.2) is 4.90 Å². The van der Waals surface area contributed by atoms with Gasteiger partial charge in [-0.2, -0.15) is 0 Å². The number of nitrogens with zero attached hydrogens (tertiary/aromatic N) is 2. The van der Waals surface area contributed by atoms with Crippen LogP contribution in [-0.4, -0.2) is 50.1 Å². The molecular formula is C23H24N2O4. The second-order valence-electron chi connectivity index (χ2n) is 7.29. The molecule has 0 N–H and O–H groups in total. The summed E-state index contributed by atoms with van der Waals surface area (Å²) >= 11 is 0. The van der Waals surface area contributed by atoms with E-state index in [4.69, 9.17) is 9.47 Å². The summed E-state index contributed by atoms with van der Waals surface area (Å²) in [6, 6.07) is 13.1. The molecule has 0 atom stereocenters. The molecule has 6 nitrogen and oxygen atoms in total. The highest BCUT2D eigenvalue weighted by Gasteiger charge is 2.43. The maximum atomic E-state index is 13.5. The van der Waals surface area contributed by atoms with Gasteiger partial charge in [0.2, 0.25) is 0 Å². The van der Waals surface area contributed by atoms with Crippen molar-refractivity contribution >= 4 is 23.1 Å². The van der Waals surface area contributed by atoms with Gasteiger partial charge < -0.3 is 14.4 Å². The molecule has 0 radical (unpaired) electrons. The number of hydrogen-bond donors (Lipinski definition) is 0. The topological polar surface area (TPSA) is 59.1 Å². The second kappa shape index (κ2) is 7.72. The monoisotopic (exact) mass is 392 g/mol. The van der Waals surface area contributed by atoms with Crippen LogP contribution in [0.3, 0.4) is 0 Å². The summed E-state index contributed by atoms with van der Waals surface area (Å²) in [5.41, 5.74) is 4.10. The van der Waals surface area contributed by atoms with Crippen molar-refractivity contribution < 1.29 is 19.1 Å². The number of aryl methyl sites for hydroxylation is 2. The Morgan fingerprint density at radius 2 is 1.62 bits per heavy atom. The predicted molar refractivity (Wildman–Crippen MR) is 111 cm³/mol. The van der Waals surface area contributed by atoms with Gasteiger partial charge in [-0.05, 0) is 48.7 Å². The van der Waals surface area contributed by atoms with Crippen molar-refractivity contribution in [2.24, 2.45) is 0 Å². The number of carbonyl (C=O) groups excluding carboxylic acids is 2. The molecule has 4 rings (SSSR count). The Morgan fingerprint density at radius 3 is 2.28 bits per heavy atom. The minimum Gasteiger partial charge on any atom is -0.497 e. The predicted octanol–water partition coefficient (Wildman–Crippen LogP) is 2.93. The lowest BCUT2D eigenvalue weighted by atomic mass is 10.0. The number of hydrogen-bond acceptors (Lipinski definition) is 5. The zero-order valence-electron chi connectivity index (χ0n) is 16.9. The van der Waals surface area contributed by atoms with Gasteiger partial charge >= 0.3 is 0 Å². The van der Waals surface area contributed by atoms with Crippen molar-refractivity contribution in [2.45, 2.75) is 13.8 Å². The van der Waals surface area contributed by atoms with E-state index in [2.05, 4.69) is 0 Å². The summed E-state index contributed by atoms with van der Waals surface area (Å²) in [4.78, 5) is 30.4. The number of morpholine rings is 1. The van der Waals surface area contributed by atoms with E-state index in [1.54, 1.807) is 19.2 Å². The molecule has 0 aliphatic carbocycles. The van der Waals surface area contributed by atoms with Gasteiger partial charge in [0.1, 0.15) is 11.4 Å². The average molecular weight is 392 g/mol. The number of imide groups is 1. The molecule has 2 aromatic carbocycles. The molecule has 2 aliphatic heterocycles. The Morgan fingerprint density at radius 1 is 0.931 bits per heavy atom. The Hall–Kier alpha value is -3.12. The first-order valence-electron chi connectivity index (χ1n) is 9.68. The molecule has 1 saturated heterocycles. The Kier molecular flexibility index (Phi) is 5.11. The zero-order chi connectivity index (χ0) is 20.5. The minimum absolute atomic E-state index is 0.281. The van der Waals surface area contributed by atoms with Crippen LogP contribution in [0.5, 0.6) is 5.75 Å². The fourth-order valence-electron chi connectivity index (χ4n) is 3.80. The van der Waals surface area contributed by atoms with Crippen LogP contribution in [0.1, 0.15) is 16.7 Å². The molecule has 6 heteroatoms. The van der Waals surface area contributed by atoms with E-state index in [0.717, 1.165) is 11.1 Å². The van der Waals surface area contributed by atoms with Gasteiger partial charge in [-0.3, -0.25) is 9.59 Å². The van der Waals surface area contributed by atoms with E-state index in [1.165, 1.54) is 4.90 Å². The highest BCUT2D eigenvalue weighted by atomic mass is 16.5. The van der Waals surface area contributed by atoms with E-state index in [1.807, 2.05) is 49.1 Å². The summed E-state index contributed by atoms with van der Waals surface area (Å²) in [6.45, 7) is 6.09. The van der Waals surface area contributed by atoms with Crippen LogP contribution >= 0.6 is 0 Å². The molecule has 0 unspecified atom stereocenters. The molecule has 0 spiro atoms. The lowest BCUT2D eigenvalue weighted by Crippen LogP contribution is -2.40. The molecule has 2 amide bonds. The third-order valence-electron chi connectivity index (χ3n) is 5.37. The molecule has 2 heterocycles. The smallest absolute Gasteiger partial charge is 0.282 e. The Labute approximate surface area is 170 Å². The normalized spacial score (nSPS) is 17.3. The summed E-state index contributed by atoms with van der Waals surface area (Å²) in [6.07, 6.45) is 0. The lowest BCUT2D eigenvalue weighted by Gasteiger charge is -2.29. The van der Waals surface area contributed by atoms with Gasteiger partial charge in [-0.15, -0.1) is 0 Å². The first-order chi connectivity index (χ1) is 14.0. The largest absolute Gasteiger partial charge is 0.497 e. The Bertz CT molecular complexity index is 988. The van der Waals surface area contributed by atoms with Crippen LogP contribution in [-0.2, 0) is 14.3 Å². The number of amides is 2. The molecule has 150 valence electrons. The summed E-state index contributed by atoms with van der Waals surface area (Å²) in [5.74, 6) is 0.122. The SMILES string of the molecule is COc1ccc(C2=C(N3CCOCC3)C(=O)N(c3cc(C)ccc3C)C2=O)cc1. The van der Waals surface area contributed by atoms with Crippen molar-refractivity contribution in [3.8, 4) is 5.75 Å². The van der Waals surface area contributed by atoms with Crippen LogP contribution in [0.15, 0.2) is 48.2 Å². The number of anilines is 1.